The highest BCUT2D eigenvalue weighted by atomic mass is 32.2. The van der Waals surface area contributed by atoms with Gasteiger partial charge < -0.3 is 9.47 Å². The molecule has 1 atom stereocenters. The Balaban J connectivity index is 1.92. The van der Waals surface area contributed by atoms with Gasteiger partial charge in [-0.05, 0) is 43.3 Å². The summed E-state index contributed by atoms with van der Waals surface area (Å²) in [5.41, 5.74) is 1.76. The number of benzene rings is 2. The lowest BCUT2D eigenvalue weighted by molar-refractivity contribution is 0.148. The lowest BCUT2D eigenvalue weighted by Crippen LogP contribution is -2.49. The summed E-state index contributed by atoms with van der Waals surface area (Å²) in [6, 6.07) is 12.8. The Morgan fingerprint density at radius 2 is 1.70 bits per heavy atom. The van der Waals surface area contributed by atoms with E-state index in [4.69, 9.17) is 9.47 Å². The summed E-state index contributed by atoms with van der Waals surface area (Å²) in [5.74, 6) is 1.30. The van der Waals surface area contributed by atoms with Gasteiger partial charge in [-0.15, -0.1) is 0 Å². The van der Waals surface area contributed by atoms with Crippen molar-refractivity contribution in [3.8, 4) is 11.5 Å². The highest BCUT2D eigenvalue weighted by molar-refractivity contribution is 7.89. The molecule has 1 aliphatic rings. The molecular weight excluding hydrogens is 364 g/mol. The van der Waals surface area contributed by atoms with Crippen LogP contribution in [0.4, 0.5) is 0 Å². The number of hydrogen-bond acceptors (Lipinski definition) is 5. The zero-order chi connectivity index (χ0) is 19.6. The molecule has 0 saturated carbocycles. The highest BCUT2D eigenvalue weighted by Crippen LogP contribution is 2.34. The van der Waals surface area contributed by atoms with E-state index in [1.807, 2.05) is 44.3 Å². The third kappa shape index (κ3) is 3.81. The normalized spacial score (nSPS) is 19.0. The first kappa shape index (κ1) is 19.7. The number of likely N-dealkylation sites (N-methyl/N-ethyl adjacent to an activating group) is 1. The Kier molecular flexibility index (Phi) is 5.74. The molecule has 0 spiro atoms. The van der Waals surface area contributed by atoms with E-state index in [1.165, 1.54) is 0 Å². The van der Waals surface area contributed by atoms with Gasteiger partial charge in [-0.2, -0.15) is 4.31 Å². The Bertz CT molecular complexity index is 914. The van der Waals surface area contributed by atoms with Gasteiger partial charge in [-0.25, -0.2) is 8.42 Å². The van der Waals surface area contributed by atoms with E-state index in [9.17, 15) is 8.42 Å². The molecule has 1 heterocycles. The monoisotopic (exact) mass is 390 g/mol. The van der Waals surface area contributed by atoms with Crippen LogP contribution < -0.4 is 9.47 Å². The molecule has 0 aliphatic carbocycles. The van der Waals surface area contributed by atoms with Crippen LogP contribution in [0.25, 0.3) is 0 Å². The van der Waals surface area contributed by atoms with Gasteiger partial charge in [0.25, 0.3) is 0 Å². The highest BCUT2D eigenvalue weighted by Gasteiger charge is 2.34. The number of methoxy groups -OCH3 is 2. The molecule has 1 saturated heterocycles. The SMILES string of the molecule is COc1ccc(C2CN(S(=O)(=O)c3ccccc3C)CCN2C)cc1OC. The molecule has 2 aromatic rings. The lowest BCUT2D eigenvalue weighted by atomic mass is 10.0. The van der Waals surface area contributed by atoms with Crippen LogP contribution in [0.1, 0.15) is 17.2 Å². The van der Waals surface area contributed by atoms with E-state index < -0.39 is 10.0 Å². The number of piperazine rings is 1. The second kappa shape index (κ2) is 7.88. The van der Waals surface area contributed by atoms with Crippen LogP contribution in [0.15, 0.2) is 47.4 Å². The third-order valence-corrected chi connectivity index (χ3v) is 7.14. The maximum absolute atomic E-state index is 13.2. The van der Waals surface area contributed by atoms with Gasteiger partial charge >= 0.3 is 0 Å². The van der Waals surface area contributed by atoms with Crippen molar-refractivity contribution < 1.29 is 17.9 Å². The number of nitrogens with zero attached hydrogens (tertiary/aromatic N) is 2. The minimum absolute atomic E-state index is 0.0580. The van der Waals surface area contributed by atoms with Crippen molar-refractivity contribution >= 4 is 10.0 Å². The van der Waals surface area contributed by atoms with E-state index >= 15 is 0 Å². The standard InChI is InChI=1S/C20H26N2O4S/c1-15-7-5-6-8-20(15)27(23,24)22-12-11-21(2)17(14-22)16-9-10-18(25-3)19(13-16)26-4/h5-10,13,17H,11-12,14H2,1-4H3. The second-order valence-electron chi connectivity index (χ2n) is 6.74. The molecule has 1 fully saturated rings. The summed E-state index contributed by atoms with van der Waals surface area (Å²) < 4.78 is 38.6. The smallest absolute Gasteiger partial charge is 0.243 e. The predicted molar refractivity (Wildman–Crippen MR) is 105 cm³/mol. The molecule has 0 amide bonds. The maximum atomic E-state index is 13.2. The Hall–Kier alpha value is -2.09. The Morgan fingerprint density at radius 1 is 1.00 bits per heavy atom. The number of ether oxygens (including phenoxy) is 2. The van der Waals surface area contributed by atoms with Gasteiger partial charge in [-0.3, -0.25) is 4.90 Å². The fraction of sp³-hybridized carbons (Fsp3) is 0.400. The van der Waals surface area contributed by atoms with Crippen LogP contribution in [-0.4, -0.2) is 58.5 Å². The van der Waals surface area contributed by atoms with Gasteiger partial charge in [0.05, 0.1) is 19.1 Å². The van der Waals surface area contributed by atoms with Crippen molar-refractivity contribution in [2.45, 2.75) is 17.9 Å². The molecule has 3 rings (SSSR count). The van der Waals surface area contributed by atoms with E-state index in [0.717, 1.165) is 11.1 Å². The zero-order valence-electron chi connectivity index (χ0n) is 16.2. The predicted octanol–water partition coefficient (Wildman–Crippen LogP) is 2.69. The molecular formula is C20H26N2O4S. The van der Waals surface area contributed by atoms with Crippen molar-refractivity contribution in [2.75, 3.05) is 40.9 Å². The van der Waals surface area contributed by atoms with E-state index in [2.05, 4.69) is 4.90 Å². The van der Waals surface area contributed by atoms with Crippen LogP contribution in [0.5, 0.6) is 11.5 Å². The summed E-state index contributed by atoms with van der Waals surface area (Å²) >= 11 is 0. The molecule has 1 unspecified atom stereocenters. The van der Waals surface area contributed by atoms with Crippen LogP contribution in [0, 0.1) is 6.92 Å². The largest absolute Gasteiger partial charge is 0.493 e. The first-order valence-electron chi connectivity index (χ1n) is 8.86. The van der Waals surface area contributed by atoms with Crippen LogP contribution in [0.3, 0.4) is 0 Å². The van der Waals surface area contributed by atoms with Gasteiger partial charge in [-0.1, -0.05) is 24.3 Å². The van der Waals surface area contributed by atoms with Crippen LogP contribution in [0.2, 0.25) is 0 Å². The molecule has 2 aromatic carbocycles. The molecule has 1 aliphatic heterocycles. The minimum Gasteiger partial charge on any atom is -0.493 e. The molecule has 0 N–H and O–H groups in total. The van der Waals surface area contributed by atoms with Crippen molar-refractivity contribution in [1.82, 2.24) is 9.21 Å². The second-order valence-corrected chi connectivity index (χ2v) is 8.65. The quantitative estimate of drug-likeness (QED) is 0.786. The van der Waals surface area contributed by atoms with Gasteiger partial charge in [0, 0.05) is 25.7 Å². The van der Waals surface area contributed by atoms with Crippen LogP contribution in [-0.2, 0) is 10.0 Å². The van der Waals surface area contributed by atoms with Gasteiger partial charge in [0.1, 0.15) is 0 Å². The summed E-state index contributed by atoms with van der Waals surface area (Å²) in [6.45, 7) is 3.35. The molecule has 0 radical (unpaired) electrons. The average Bonchev–Trinajstić information content (AvgIpc) is 2.67. The molecule has 146 valence electrons. The van der Waals surface area contributed by atoms with E-state index in [-0.39, 0.29) is 6.04 Å². The molecule has 0 aromatic heterocycles. The Morgan fingerprint density at radius 3 is 2.37 bits per heavy atom. The fourth-order valence-corrected chi connectivity index (χ4v) is 5.13. The van der Waals surface area contributed by atoms with E-state index in [1.54, 1.807) is 30.7 Å². The average molecular weight is 391 g/mol. The van der Waals surface area contributed by atoms with Crippen molar-refractivity contribution in [3.63, 3.8) is 0 Å². The van der Waals surface area contributed by atoms with Gasteiger partial charge in [0.15, 0.2) is 11.5 Å². The van der Waals surface area contributed by atoms with E-state index in [0.29, 0.717) is 36.0 Å². The van der Waals surface area contributed by atoms with Crippen molar-refractivity contribution in [3.05, 3.63) is 53.6 Å². The maximum Gasteiger partial charge on any atom is 0.243 e. The zero-order valence-corrected chi connectivity index (χ0v) is 17.0. The minimum atomic E-state index is -3.53. The summed E-state index contributed by atoms with van der Waals surface area (Å²) in [4.78, 5) is 2.55. The molecule has 6 nitrogen and oxygen atoms in total. The van der Waals surface area contributed by atoms with Gasteiger partial charge in [0.2, 0.25) is 10.0 Å². The van der Waals surface area contributed by atoms with Crippen molar-refractivity contribution in [1.29, 1.82) is 0 Å². The topological polar surface area (TPSA) is 59.1 Å². The number of sulfonamides is 1. The summed E-state index contributed by atoms with van der Waals surface area (Å²) in [5, 5.41) is 0. The first-order chi connectivity index (χ1) is 12.9. The lowest BCUT2D eigenvalue weighted by Gasteiger charge is -2.39. The third-order valence-electron chi connectivity index (χ3n) is 5.11. The number of hydrogen-bond donors (Lipinski definition) is 0. The number of aryl methyl sites for hydroxylation is 1. The van der Waals surface area contributed by atoms with Crippen molar-refractivity contribution in [2.24, 2.45) is 0 Å². The molecule has 0 bridgehead atoms. The summed E-state index contributed by atoms with van der Waals surface area (Å²) in [7, 11) is 1.67. The Labute approximate surface area is 161 Å². The summed E-state index contributed by atoms with van der Waals surface area (Å²) in [6.07, 6.45) is 0. The fourth-order valence-electron chi connectivity index (χ4n) is 3.47. The first-order valence-corrected chi connectivity index (χ1v) is 10.3. The van der Waals surface area contributed by atoms with Crippen LogP contribution >= 0.6 is 0 Å². The number of rotatable bonds is 5. The molecule has 7 heteroatoms. The molecule has 27 heavy (non-hydrogen) atoms.